The number of aromatic nitrogens is 3. The molecular formula is C22H18N6O5. The third-order valence-electron chi connectivity index (χ3n) is 4.81. The van der Waals surface area contributed by atoms with Gasteiger partial charge in [-0.1, -0.05) is 29.2 Å². The Labute approximate surface area is 187 Å². The van der Waals surface area contributed by atoms with E-state index in [1.165, 1.54) is 30.4 Å². The lowest BCUT2D eigenvalue weighted by molar-refractivity contribution is -0.394. The second-order valence-electron chi connectivity index (χ2n) is 6.99. The molecule has 4 aromatic rings. The summed E-state index contributed by atoms with van der Waals surface area (Å²) in [6, 6.07) is 15.7. The van der Waals surface area contributed by atoms with Gasteiger partial charge in [-0.25, -0.2) is 5.43 Å². The highest BCUT2D eigenvalue weighted by molar-refractivity contribution is 6.01. The number of phenolic OH excluding ortho intramolecular Hbond substituents is 1. The topological polar surface area (TPSA) is 145 Å². The summed E-state index contributed by atoms with van der Waals surface area (Å²) in [6.45, 7) is 0.184. The summed E-state index contributed by atoms with van der Waals surface area (Å²) in [7, 11) is 1.51. The molecule has 11 heteroatoms. The van der Waals surface area contributed by atoms with Crippen LogP contribution in [0.2, 0.25) is 0 Å². The average Bonchev–Trinajstić information content (AvgIpc) is 3.27. The van der Waals surface area contributed by atoms with E-state index in [9.17, 15) is 20.0 Å². The highest BCUT2D eigenvalue weighted by atomic mass is 16.6. The van der Waals surface area contributed by atoms with Crippen molar-refractivity contribution >= 4 is 28.8 Å². The van der Waals surface area contributed by atoms with Crippen LogP contribution in [-0.4, -0.2) is 44.0 Å². The van der Waals surface area contributed by atoms with Gasteiger partial charge in [0.1, 0.15) is 11.5 Å². The second-order valence-corrected chi connectivity index (χ2v) is 6.99. The molecule has 4 rings (SSSR count). The first-order chi connectivity index (χ1) is 15.9. The lowest BCUT2D eigenvalue weighted by Crippen LogP contribution is -2.17. The minimum Gasteiger partial charge on any atom is -0.507 e. The Balaban J connectivity index is 1.50. The van der Waals surface area contributed by atoms with Crippen molar-refractivity contribution in [1.29, 1.82) is 0 Å². The molecule has 0 saturated carbocycles. The Morgan fingerprint density at radius 3 is 2.70 bits per heavy atom. The third kappa shape index (κ3) is 4.77. The van der Waals surface area contributed by atoms with Crippen molar-refractivity contribution in [3.8, 4) is 11.5 Å². The molecule has 166 valence electrons. The van der Waals surface area contributed by atoms with Crippen molar-refractivity contribution < 1.29 is 19.6 Å². The van der Waals surface area contributed by atoms with Crippen LogP contribution in [0.3, 0.4) is 0 Å². The summed E-state index contributed by atoms with van der Waals surface area (Å²) in [4.78, 5) is 26.2. The Hall–Kier alpha value is -4.80. The Morgan fingerprint density at radius 1 is 1.24 bits per heavy atom. The largest absolute Gasteiger partial charge is 0.507 e. The predicted octanol–water partition coefficient (Wildman–Crippen LogP) is 2.87. The van der Waals surface area contributed by atoms with E-state index in [2.05, 4.69) is 20.6 Å². The zero-order valence-electron chi connectivity index (χ0n) is 17.4. The summed E-state index contributed by atoms with van der Waals surface area (Å²) in [5, 5.41) is 30.4. The smallest absolute Gasteiger partial charge is 0.490 e. The van der Waals surface area contributed by atoms with Crippen LogP contribution < -0.4 is 10.2 Å². The van der Waals surface area contributed by atoms with E-state index < -0.39 is 16.8 Å². The number of benzene rings is 3. The molecule has 2 N–H and O–H groups in total. The molecule has 3 aromatic carbocycles. The molecule has 11 nitrogen and oxygen atoms in total. The number of nitrogens with one attached hydrogen (secondary N) is 1. The normalized spacial score (nSPS) is 11.1. The van der Waals surface area contributed by atoms with E-state index in [0.717, 1.165) is 10.8 Å². The molecule has 0 aliphatic rings. The predicted molar refractivity (Wildman–Crippen MR) is 119 cm³/mol. The maximum Gasteiger partial charge on any atom is 0.490 e. The van der Waals surface area contributed by atoms with Gasteiger partial charge >= 0.3 is 5.95 Å². The van der Waals surface area contributed by atoms with E-state index in [-0.39, 0.29) is 17.9 Å². The number of carbonyl (C=O) groups excluding carboxylic acids is 1. The van der Waals surface area contributed by atoms with Crippen LogP contribution in [0, 0.1) is 10.1 Å². The van der Waals surface area contributed by atoms with Crippen molar-refractivity contribution in [3.63, 3.8) is 0 Å². The molecule has 0 aliphatic carbocycles. The van der Waals surface area contributed by atoms with Gasteiger partial charge in [0.2, 0.25) is 6.33 Å². The van der Waals surface area contributed by atoms with Crippen LogP contribution in [0.25, 0.3) is 10.8 Å². The highest BCUT2D eigenvalue weighted by Crippen LogP contribution is 2.25. The van der Waals surface area contributed by atoms with Gasteiger partial charge in [-0.2, -0.15) is 9.78 Å². The van der Waals surface area contributed by atoms with E-state index in [1.807, 2.05) is 24.3 Å². The summed E-state index contributed by atoms with van der Waals surface area (Å²) < 4.78 is 6.66. The number of ether oxygens (including phenoxy) is 1. The van der Waals surface area contributed by atoms with Crippen LogP contribution in [-0.2, 0) is 6.54 Å². The molecule has 0 atom stereocenters. The first-order valence-corrected chi connectivity index (χ1v) is 9.70. The molecule has 1 aromatic heterocycles. The second kappa shape index (κ2) is 9.14. The Morgan fingerprint density at radius 2 is 2.00 bits per heavy atom. The van der Waals surface area contributed by atoms with Crippen molar-refractivity contribution in [1.82, 2.24) is 20.2 Å². The van der Waals surface area contributed by atoms with Crippen molar-refractivity contribution in [2.45, 2.75) is 6.54 Å². The van der Waals surface area contributed by atoms with Gasteiger partial charge in [0, 0.05) is 10.7 Å². The number of hydrogen-bond donors (Lipinski definition) is 2. The molecule has 1 heterocycles. The summed E-state index contributed by atoms with van der Waals surface area (Å²) in [6.07, 6.45) is 2.69. The maximum atomic E-state index is 12.5. The first-order valence-electron chi connectivity index (χ1n) is 9.70. The van der Waals surface area contributed by atoms with Crippen LogP contribution in [0.1, 0.15) is 21.5 Å². The van der Waals surface area contributed by atoms with Gasteiger partial charge in [-0.05, 0) is 51.6 Å². The summed E-state index contributed by atoms with van der Waals surface area (Å²) in [5.74, 6) is -0.644. The zero-order chi connectivity index (χ0) is 23.4. The molecule has 0 unspecified atom stereocenters. The number of hydrazone groups is 1. The standard InChI is InChI=1S/C22H18N6O5/c1-33-20-7-6-14(8-17(20)12-27-13-23-22(26-27)28(31)32)11-24-25-21(30)18-9-15-4-2-3-5-16(15)10-19(18)29/h2-11,13,29H,12H2,1H3,(H,25,30). The van der Waals surface area contributed by atoms with Crippen LogP contribution in [0.4, 0.5) is 5.95 Å². The van der Waals surface area contributed by atoms with Gasteiger partial charge in [0.05, 0.1) is 25.4 Å². The fraction of sp³-hybridized carbons (Fsp3) is 0.0909. The van der Waals surface area contributed by atoms with Gasteiger partial charge < -0.3 is 20.0 Å². The van der Waals surface area contributed by atoms with E-state index in [1.54, 1.807) is 24.3 Å². The number of methoxy groups -OCH3 is 1. The van der Waals surface area contributed by atoms with E-state index in [4.69, 9.17) is 4.74 Å². The van der Waals surface area contributed by atoms with Crippen LogP contribution in [0.5, 0.6) is 11.5 Å². The number of rotatable bonds is 7. The molecule has 0 fully saturated rings. The Bertz CT molecular complexity index is 1380. The molecule has 0 saturated heterocycles. The number of fused-ring (bicyclic) bond motifs is 1. The summed E-state index contributed by atoms with van der Waals surface area (Å²) in [5.41, 5.74) is 3.83. The van der Waals surface area contributed by atoms with Crippen LogP contribution in [0.15, 0.2) is 66.0 Å². The quantitative estimate of drug-likeness (QED) is 0.252. The minimum absolute atomic E-state index is 0.106. The van der Waals surface area contributed by atoms with Crippen molar-refractivity contribution in [3.05, 3.63) is 87.7 Å². The summed E-state index contributed by atoms with van der Waals surface area (Å²) >= 11 is 0. The molecule has 0 aliphatic heterocycles. The number of nitrogens with zero attached hydrogens (tertiary/aromatic N) is 5. The maximum absolute atomic E-state index is 12.5. The van der Waals surface area contributed by atoms with E-state index >= 15 is 0 Å². The number of hydrogen-bond acceptors (Lipinski definition) is 8. The third-order valence-corrected chi connectivity index (χ3v) is 4.81. The van der Waals surface area contributed by atoms with Gasteiger partial charge in [-0.3, -0.25) is 4.79 Å². The van der Waals surface area contributed by atoms with Gasteiger partial charge in [-0.15, -0.1) is 0 Å². The highest BCUT2D eigenvalue weighted by Gasteiger charge is 2.15. The number of carbonyl (C=O) groups is 1. The molecule has 33 heavy (non-hydrogen) atoms. The van der Waals surface area contributed by atoms with Crippen molar-refractivity contribution in [2.75, 3.05) is 7.11 Å². The van der Waals surface area contributed by atoms with Crippen molar-refractivity contribution in [2.24, 2.45) is 5.10 Å². The Kier molecular flexibility index (Phi) is 5.94. The number of amides is 1. The monoisotopic (exact) mass is 446 g/mol. The molecular weight excluding hydrogens is 428 g/mol. The van der Waals surface area contributed by atoms with E-state index in [0.29, 0.717) is 16.9 Å². The average molecular weight is 446 g/mol. The number of nitro groups is 1. The molecule has 0 bridgehead atoms. The molecule has 0 radical (unpaired) electrons. The molecule has 0 spiro atoms. The number of phenols is 1. The fourth-order valence-electron chi connectivity index (χ4n) is 3.26. The number of aromatic hydroxyl groups is 1. The molecule has 1 amide bonds. The van der Waals surface area contributed by atoms with Gasteiger partial charge in [0.25, 0.3) is 5.91 Å². The van der Waals surface area contributed by atoms with Gasteiger partial charge in [0.15, 0.2) is 0 Å². The lowest BCUT2D eigenvalue weighted by atomic mass is 10.1. The fourth-order valence-corrected chi connectivity index (χ4v) is 3.26. The SMILES string of the molecule is COc1ccc(C=NNC(=O)c2cc3ccccc3cc2O)cc1Cn1cnc([N+](=O)[O-])n1. The minimum atomic E-state index is -0.674. The first kappa shape index (κ1) is 21.4. The zero-order valence-corrected chi connectivity index (χ0v) is 17.4. The van der Waals surface area contributed by atoms with Crippen LogP contribution >= 0.6 is 0 Å². The lowest BCUT2D eigenvalue weighted by Gasteiger charge is -2.08.